The van der Waals surface area contributed by atoms with Crippen LogP contribution in [-0.2, 0) is 11.0 Å². The lowest BCUT2D eigenvalue weighted by atomic mass is 10.2. The Labute approximate surface area is 93.6 Å². The molecule has 1 aromatic heterocycles. The maximum absolute atomic E-state index is 6.05. The maximum atomic E-state index is 6.05. The molecule has 15 heavy (non-hydrogen) atoms. The van der Waals surface area contributed by atoms with Crippen LogP contribution in [0.4, 0.5) is 0 Å². The van der Waals surface area contributed by atoms with Crippen LogP contribution in [0.1, 0.15) is 20.8 Å². The number of aromatic nitrogens is 2. The molecular formula is C11H22N2OSi. The molecule has 0 unspecified atom stereocenters. The molecule has 0 fully saturated rings. The minimum absolute atomic E-state index is 0.289. The molecule has 1 aromatic rings. The van der Waals surface area contributed by atoms with Crippen LogP contribution in [0.2, 0.25) is 18.1 Å². The molecule has 1 rings (SSSR count). The van der Waals surface area contributed by atoms with E-state index in [4.69, 9.17) is 4.43 Å². The summed E-state index contributed by atoms with van der Waals surface area (Å²) in [6, 6.07) is 1.94. The van der Waals surface area contributed by atoms with Gasteiger partial charge in [0.1, 0.15) is 0 Å². The Morgan fingerprint density at radius 1 is 1.33 bits per heavy atom. The van der Waals surface area contributed by atoms with Gasteiger partial charge < -0.3 is 4.43 Å². The van der Waals surface area contributed by atoms with Crippen LogP contribution >= 0.6 is 0 Å². The lowest BCUT2D eigenvalue weighted by Gasteiger charge is -2.36. The van der Waals surface area contributed by atoms with Crippen molar-refractivity contribution in [1.29, 1.82) is 0 Å². The smallest absolute Gasteiger partial charge is 0.192 e. The second-order valence-electron chi connectivity index (χ2n) is 5.38. The van der Waals surface area contributed by atoms with Gasteiger partial charge >= 0.3 is 0 Å². The first-order chi connectivity index (χ1) is 6.83. The third-order valence-electron chi connectivity index (χ3n) is 3.15. The van der Waals surface area contributed by atoms with E-state index in [1.54, 1.807) is 6.20 Å². The van der Waals surface area contributed by atoms with Gasteiger partial charge in [-0.25, -0.2) is 0 Å². The Morgan fingerprint density at radius 3 is 2.47 bits per heavy atom. The predicted molar refractivity (Wildman–Crippen MR) is 65.4 cm³/mol. The van der Waals surface area contributed by atoms with Crippen LogP contribution in [0.15, 0.2) is 18.5 Å². The van der Waals surface area contributed by atoms with Crippen molar-refractivity contribution in [3.8, 4) is 0 Å². The Hall–Kier alpha value is -0.613. The molecule has 0 aliphatic heterocycles. The standard InChI is InChI=1S/C11H22N2OSi/c1-11(2,3)15(4,5)14-10-9-13-8-6-7-12-13/h6-8H,9-10H2,1-5H3. The summed E-state index contributed by atoms with van der Waals surface area (Å²) in [5.74, 6) is 0. The fourth-order valence-corrected chi connectivity index (χ4v) is 2.08. The molecule has 86 valence electrons. The second kappa shape index (κ2) is 4.49. The zero-order chi connectivity index (χ0) is 11.5. The van der Waals surface area contributed by atoms with Gasteiger partial charge in [0.15, 0.2) is 8.32 Å². The molecular weight excluding hydrogens is 204 g/mol. The SMILES string of the molecule is CC(C)(C)[Si](C)(C)OCCn1cccn1. The molecule has 0 aliphatic rings. The first-order valence-corrected chi connectivity index (χ1v) is 8.35. The van der Waals surface area contributed by atoms with Gasteiger partial charge in [0.2, 0.25) is 0 Å². The van der Waals surface area contributed by atoms with Crippen molar-refractivity contribution in [2.45, 2.75) is 45.4 Å². The van der Waals surface area contributed by atoms with E-state index in [-0.39, 0.29) is 5.04 Å². The van der Waals surface area contributed by atoms with Crippen molar-refractivity contribution in [3.05, 3.63) is 18.5 Å². The molecule has 0 N–H and O–H groups in total. The van der Waals surface area contributed by atoms with Crippen LogP contribution in [0.25, 0.3) is 0 Å². The van der Waals surface area contributed by atoms with E-state index in [1.165, 1.54) is 0 Å². The number of hydrogen-bond donors (Lipinski definition) is 0. The number of hydrogen-bond acceptors (Lipinski definition) is 2. The Kier molecular flexibility index (Phi) is 3.73. The first-order valence-electron chi connectivity index (χ1n) is 5.44. The predicted octanol–water partition coefficient (Wildman–Crippen LogP) is 2.90. The van der Waals surface area contributed by atoms with Gasteiger partial charge in [0.05, 0.1) is 13.2 Å². The van der Waals surface area contributed by atoms with Crippen molar-refractivity contribution in [2.75, 3.05) is 6.61 Å². The molecule has 0 saturated heterocycles. The minimum atomic E-state index is -1.58. The summed E-state index contributed by atoms with van der Waals surface area (Å²) in [5, 5.41) is 4.44. The van der Waals surface area contributed by atoms with E-state index in [1.807, 2.05) is 16.9 Å². The fraction of sp³-hybridized carbons (Fsp3) is 0.727. The highest BCUT2D eigenvalue weighted by atomic mass is 28.4. The van der Waals surface area contributed by atoms with Gasteiger partial charge in [-0.1, -0.05) is 20.8 Å². The van der Waals surface area contributed by atoms with Gasteiger partial charge in [-0.2, -0.15) is 5.10 Å². The second-order valence-corrected chi connectivity index (χ2v) is 10.2. The van der Waals surface area contributed by atoms with E-state index in [0.717, 1.165) is 13.2 Å². The van der Waals surface area contributed by atoms with E-state index >= 15 is 0 Å². The quantitative estimate of drug-likeness (QED) is 0.738. The van der Waals surface area contributed by atoms with Gasteiger partial charge in [0, 0.05) is 12.4 Å². The molecule has 4 heteroatoms. The Morgan fingerprint density at radius 2 is 2.00 bits per heavy atom. The van der Waals surface area contributed by atoms with E-state index in [2.05, 4.69) is 39.0 Å². The lowest BCUT2D eigenvalue weighted by molar-refractivity contribution is 0.266. The monoisotopic (exact) mass is 226 g/mol. The summed E-state index contributed by atoms with van der Waals surface area (Å²) < 4.78 is 7.96. The lowest BCUT2D eigenvalue weighted by Crippen LogP contribution is -2.41. The van der Waals surface area contributed by atoms with Crippen LogP contribution in [0.5, 0.6) is 0 Å². The summed E-state index contributed by atoms with van der Waals surface area (Å²) in [4.78, 5) is 0. The zero-order valence-electron chi connectivity index (χ0n) is 10.4. The molecule has 0 atom stereocenters. The zero-order valence-corrected chi connectivity index (χ0v) is 11.4. The van der Waals surface area contributed by atoms with Crippen molar-refractivity contribution in [3.63, 3.8) is 0 Å². The molecule has 1 heterocycles. The van der Waals surface area contributed by atoms with Crippen LogP contribution < -0.4 is 0 Å². The fourth-order valence-electron chi connectivity index (χ4n) is 1.04. The molecule has 3 nitrogen and oxygen atoms in total. The van der Waals surface area contributed by atoms with Crippen molar-refractivity contribution in [2.24, 2.45) is 0 Å². The third kappa shape index (κ3) is 3.46. The highest BCUT2D eigenvalue weighted by Crippen LogP contribution is 2.36. The van der Waals surface area contributed by atoms with Gasteiger partial charge in [0.25, 0.3) is 0 Å². The van der Waals surface area contributed by atoms with Gasteiger partial charge in [-0.15, -0.1) is 0 Å². The topological polar surface area (TPSA) is 27.1 Å². The summed E-state index contributed by atoms with van der Waals surface area (Å²) in [5.41, 5.74) is 0. The summed E-state index contributed by atoms with van der Waals surface area (Å²) >= 11 is 0. The molecule has 0 spiro atoms. The molecule has 0 saturated carbocycles. The Bertz CT molecular complexity index is 288. The van der Waals surface area contributed by atoms with Crippen LogP contribution in [0, 0.1) is 0 Å². The minimum Gasteiger partial charge on any atom is -0.415 e. The van der Waals surface area contributed by atoms with Crippen molar-refractivity contribution in [1.82, 2.24) is 9.78 Å². The maximum Gasteiger partial charge on any atom is 0.192 e. The first kappa shape index (κ1) is 12.5. The Balaban J connectivity index is 2.37. The van der Waals surface area contributed by atoms with E-state index < -0.39 is 8.32 Å². The largest absolute Gasteiger partial charge is 0.415 e. The summed E-state index contributed by atoms with van der Waals surface area (Å²) in [7, 11) is -1.58. The van der Waals surface area contributed by atoms with Crippen molar-refractivity contribution >= 4 is 8.32 Å². The molecule has 0 aliphatic carbocycles. The summed E-state index contributed by atoms with van der Waals surface area (Å²) in [6.45, 7) is 12.9. The molecule has 0 amide bonds. The highest BCUT2D eigenvalue weighted by molar-refractivity contribution is 6.74. The average Bonchev–Trinajstić information content (AvgIpc) is 2.54. The third-order valence-corrected chi connectivity index (χ3v) is 7.69. The average molecular weight is 226 g/mol. The van der Waals surface area contributed by atoms with E-state index in [9.17, 15) is 0 Å². The van der Waals surface area contributed by atoms with Crippen LogP contribution in [-0.4, -0.2) is 24.7 Å². The van der Waals surface area contributed by atoms with Gasteiger partial charge in [-0.3, -0.25) is 4.68 Å². The molecule has 0 aromatic carbocycles. The number of nitrogens with zero attached hydrogens (tertiary/aromatic N) is 2. The van der Waals surface area contributed by atoms with E-state index in [0.29, 0.717) is 0 Å². The van der Waals surface area contributed by atoms with Crippen molar-refractivity contribution < 1.29 is 4.43 Å². The van der Waals surface area contributed by atoms with Crippen LogP contribution in [0.3, 0.4) is 0 Å². The number of rotatable bonds is 4. The molecule has 0 radical (unpaired) electrons. The normalized spacial score (nSPS) is 13.1. The van der Waals surface area contributed by atoms with Gasteiger partial charge in [-0.05, 0) is 24.2 Å². The summed E-state index contributed by atoms with van der Waals surface area (Å²) in [6.07, 6.45) is 3.77. The molecule has 0 bridgehead atoms. The highest BCUT2D eigenvalue weighted by Gasteiger charge is 2.36.